The number of nitrogens with zero attached hydrogens (tertiary/aromatic N) is 2. The summed E-state index contributed by atoms with van der Waals surface area (Å²) in [5.41, 5.74) is 7.50. The topological polar surface area (TPSA) is 63.8 Å². The van der Waals surface area contributed by atoms with Gasteiger partial charge in [-0.1, -0.05) is 34.8 Å². The molecule has 1 aromatic carbocycles. The van der Waals surface area contributed by atoms with Gasteiger partial charge in [0.05, 0.1) is 10.7 Å². The first-order valence-corrected chi connectivity index (χ1v) is 6.11. The van der Waals surface area contributed by atoms with Gasteiger partial charge in [0.25, 0.3) is 0 Å². The summed E-state index contributed by atoms with van der Waals surface area (Å²) in [6.45, 7) is 1.87. The predicted molar refractivity (Wildman–Crippen MR) is 75.9 cm³/mol. The first-order chi connectivity index (χ1) is 8.49. The Balaban J connectivity index is 2.40. The SMILES string of the molecule is Cc1cc(Cl)c(Nc2ncnc(Cl)c2N)cc1Cl. The standard InChI is InChI=1S/C11H9Cl3N4/c1-5-2-7(13)8(3-6(5)12)18-11-9(15)10(14)16-4-17-11/h2-4H,15H2,1H3,(H,16,17,18). The van der Waals surface area contributed by atoms with Crippen molar-refractivity contribution in [1.29, 1.82) is 0 Å². The second kappa shape index (κ2) is 5.18. The number of nitrogen functional groups attached to an aromatic ring is 1. The molecule has 0 fully saturated rings. The van der Waals surface area contributed by atoms with E-state index in [0.717, 1.165) is 5.56 Å². The van der Waals surface area contributed by atoms with Crippen LogP contribution >= 0.6 is 34.8 Å². The van der Waals surface area contributed by atoms with Crippen molar-refractivity contribution in [3.63, 3.8) is 0 Å². The zero-order valence-electron chi connectivity index (χ0n) is 9.34. The van der Waals surface area contributed by atoms with Gasteiger partial charge in [-0.25, -0.2) is 9.97 Å². The maximum atomic E-state index is 6.11. The van der Waals surface area contributed by atoms with Crippen molar-refractivity contribution in [3.05, 3.63) is 39.2 Å². The quantitative estimate of drug-likeness (QED) is 0.821. The number of aryl methyl sites for hydroxylation is 1. The van der Waals surface area contributed by atoms with Crippen LogP contribution in [0.25, 0.3) is 0 Å². The van der Waals surface area contributed by atoms with Crippen LogP contribution in [0.2, 0.25) is 15.2 Å². The number of benzene rings is 1. The van der Waals surface area contributed by atoms with Gasteiger partial charge in [-0.3, -0.25) is 0 Å². The third-order valence-corrected chi connectivity index (χ3v) is 3.36. The van der Waals surface area contributed by atoms with Crippen LogP contribution in [-0.4, -0.2) is 9.97 Å². The summed E-state index contributed by atoms with van der Waals surface area (Å²) in [5.74, 6) is 0.386. The van der Waals surface area contributed by atoms with E-state index in [9.17, 15) is 0 Å². The number of rotatable bonds is 2. The van der Waals surface area contributed by atoms with E-state index < -0.39 is 0 Å². The molecule has 0 aliphatic carbocycles. The molecule has 0 aliphatic rings. The molecule has 0 atom stereocenters. The van der Waals surface area contributed by atoms with Crippen LogP contribution in [0.3, 0.4) is 0 Å². The van der Waals surface area contributed by atoms with Gasteiger partial charge in [0, 0.05) is 5.02 Å². The average Bonchev–Trinajstić information content (AvgIpc) is 2.32. The lowest BCUT2D eigenvalue weighted by Crippen LogP contribution is -2.01. The molecule has 7 heteroatoms. The van der Waals surface area contributed by atoms with E-state index in [1.807, 2.05) is 6.92 Å². The Morgan fingerprint density at radius 3 is 2.56 bits per heavy atom. The molecule has 1 aromatic heterocycles. The highest BCUT2D eigenvalue weighted by molar-refractivity contribution is 6.36. The Morgan fingerprint density at radius 2 is 1.83 bits per heavy atom. The maximum absolute atomic E-state index is 6.11. The molecular weight excluding hydrogens is 295 g/mol. The molecule has 0 saturated carbocycles. The average molecular weight is 304 g/mol. The van der Waals surface area contributed by atoms with Crippen LogP contribution < -0.4 is 11.1 Å². The summed E-state index contributed by atoms with van der Waals surface area (Å²) in [6.07, 6.45) is 1.31. The molecule has 0 spiro atoms. The van der Waals surface area contributed by atoms with Gasteiger partial charge in [0.15, 0.2) is 11.0 Å². The minimum absolute atomic E-state index is 0.182. The molecule has 18 heavy (non-hydrogen) atoms. The van der Waals surface area contributed by atoms with Crippen LogP contribution in [0, 0.1) is 6.92 Å². The fourth-order valence-corrected chi connectivity index (χ4v) is 1.91. The van der Waals surface area contributed by atoms with Crippen molar-refractivity contribution < 1.29 is 0 Å². The van der Waals surface area contributed by atoms with Crippen molar-refractivity contribution in [2.24, 2.45) is 0 Å². The molecule has 1 heterocycles. The van der Waals surface area contributed by atoms with Crippen molar-refractivity contribution in [2.75, 3.05) is 11.1 Å². The highest BCUT2D eigenvalue weighted by Gasteiger charge is 2.09. The van der Waals surface area contributed by atoms with Crippen molar-refractivity contribution in [2.45, 2.75) is 6.92 Å². The van der Waals surface area contributed by atoms with Crippen LogP contribution in [0.5, 0.6) is 0 Å². The molecule has 0 aliphatic heterocycles. The van der Waals surface area contributed by atoms with Gasteiger partial charge in [0.1, 0.15) is 12.0 Å². The lowest BCUT2D eigenvalue weighted by molar-refractivity contribution is 1.17. The molecule has 0 radical (unpaired) electrons. The maximum Gasteiger partial charge on any atom is 0.158 e. The number of aromatic nitrogens is 2. The summed E-state index contributed by atoms with van der Waals surface area (Å²) < 4.78 is 0. The molecule has 2 rings (SSSR count). The highest BCUT2D eigenvalue weighted by atomic mass is 35.5. The zero-order valence-corrected chi connectivity index (χ0v) is 11.6. The Hall–Kier alpha value is -1.23. The smallest absolute Gasteiger partial charge is 0.158 e. The predicted octanol–water partition coefficient (Wildman–Crippen LogP) is 4.07. The van der Waals surface area contributed by atoms with Gasteiger partial charge >= 0.3 is 0 Å². The Kier molecular flexibility index (Phi) is 3.80. The number of hydrogen-bond donors (Lipinski definition) is 2. The fourth-order valence-electron chi connectivity index (χ4n) is 1.34. The van der Waals surface area contributed by atoms with E-state index in [2.05, 4.69) is 15.3 Å². The molecular formula is C11H9Cl3N4. The Bertz CT molecular complexity index is 601. The first kappa shape index (κ1) is 13.2. The van der Waals surface area contributed by atoms with E-state index in [0.29, 0.717) is 21.6 Å². The molecule has 0 saturated heterocycles. The minimum atomic E-state index is 0.182. The van der Waals surface area contributed by atoms with Gasteiger partial charge in [-0.2, -0.15) is 0 Å². The second-order valence-electron chi connectivity index (χ2n) is 3.63. The van der Waals surface area contributed by atoms with Crippen molar-refractivity contribution >= 4 is 52.0 Å². The zero-order chi connectivity index (χ0) is 13.3. The third-order valence-electron chi connectivity index (χ3n) is 2.34. The monoisotopic (exact) mass is 302 g/mol. The molecule has 0 bridgehead atoms. The molecule has 4 nitrogen and oxygen atoms in total. The third kappa shape index (κ3) is 2.61. The second-order valence-corrected chi connectivity index (χ2v) is 4.81. The van der Waals surface area contributed by atoms with Gasteiger partial charge in [-0.15, -0.1) is 0 Å². The molecule has 0 unspecified atom stereocenters. The summed E-state index contributed by atoms with van der Waals surface area (Å²) in [5, 5.41) is 4.27. The number of nitrogens with one attached hydrogen (secondary N) is 1. The number of nitrogens with two attached hydrogens (primary N) is 1. The van der Waals surface area contributed by atoms with E-state index in [-0.39, 0.29) is 10.8 Å². The van der Waals surface area contributed by atoms with Crippen molar-refractivity contribution in [1.82, 2.24) is 9.97 Å². The molecule has 3 N–H and O–H groups in total. The van der Waals surface area contributed by atoms with Gasteiger partial charge in [-0.05, 0) is 24.6 Å². The van der Waals surface area contributed by atoms with Gasteiger partial charge in [0.2, 0.25) is 0 Å². The first-order valence-electron chi connectivity index (χ1n) is 4.97. The van der Waals surface area contributed by atoms with E-state index in [1.165, 1.54) is 6.33 Å². The van der Waals surface area contributed by atoms with E-state index in [4.69, 9.17) is 40.5 Å². The number of halogens is 3. The van der Waals surface area contributed by atoms with Crippen LogP contribution in [0.15, 0.2) is 18.5 Å². The van der Waals surface area contributed by atoms with E-state index >= 15 is 0 Å². The Labute approximate surface area is 119 Å². The summed E-state index contributed by atoms with van der Waals surface area (Å²) in [4.78, 5) is 7.76. The summed E-state index contributed by atoms with van der Waals surface area (Å²) in [6, 6.07) is 3.46. The lowest BCUT2D eigenvalue weighted by Gasteiger charge is -2.11. The number of anilines is 3. The Morgan fingerprint density at radius 1 is 1.11 bits per heavy atom. The van der Waals surface area contributed by atoms with Crippen molar-refractivity contribution in [3.8, 4) is 0 Å². The van der Waals surface area contributed by atoms with Gasteiger partial charge < -0.3 is 11.1 Å². The largest absolute Gasteiger partial charge is 0.393 e. The highest BCUT2D eigenvalue weighted by Crippen LogP contribution is 2.32. The molecule has 0 amide bonds. The fraction of sp³-hybridized carbons (Fsp3) is 0.0909. The lowest BCUT2D eigenvalue weighted by atomic mass is 10.2. The molecule has 2 aromatic rings. The molecule has 94 valence electrons. The normalized spacial score (nSPS) is 10.4. The van der Waals surface area contributed by atoms with E-state index in [1.54, 1.807) is 12.1 Å². The number of hydrogen-bond acceptors (Lipinski definition) is 4. The summed E-state index contributed by atoms with van der Waals surface area (Å²) >= 11 is 17.9. The van der Waals surface area contributed by atoms with Crippen LogP contribution in [0.4, 0.5) is 17.2 Å². The van der Waals surface area contributed by atoms with Crippen LogP contribution in [-0.2, 0) is 0 Å². The summed E-state index contributed by atoms with van der Waals surface area (Å²) in [7, 11) is 0. The van der Waals surface area contributed by atoms with Crippen LogP contribution in [0.1, 0.15) is 5.56 Å². The minimum Gasteiger partial charge on any atom is -0.393 e.